The average molecular weight is 267 g/mol. The lowest BCUT2D eigenvalue weighted by Gasteiger charge is -2.26. The fourth-order valence-corrected chi connectivity index (χ4v) is 3.01. The van der Waals surface area contributed by atoms with Crippen LogP contribution in [0.3, 0.4) is 0 Å². The molecule has 1 aliphatic rings. The monoisotopic (exact) mass is 267 g/mol. The molecule has 18 heavy (non-hydrogen) atoms. The molecule has 0 bridgehead atoms. The van der Waals surface area contributed by atoms with E-state index in [1.54, 1.807) is 6.07 Å². The van der Waals surface area contributed by atoms with Gasteiger partial charge in [-0.3, -0.25) is 4.79 Å². The number of nitrogens with zero attached hydrogens (tertiary/aromatic N) is 1. The largest absolute Gasteiger partial charge is 0.397 e. The number of rotatable bonds is 5. The molecule has 1 fully saturated rings. The predicted molar refractivity (Wildman–Crippen MR) is 76.0 cm³/mol. The number of hydrogen-bond donors (Lipinski definition) is 2. The van der Waals surface area contributed by atoms with Gasteiger partial charge in [0, 0.05) is 6.54 Å². The molecule has 0 atom stereocenters. The van der Waals surface area contributed by atoms with Gasteiger partial charge in [-0.1, -0.05) is 6.42 Å². The van der Waals surface area contributed by atoms with Gasteiger partial charge in [0.25, 0.3) is 5.91 Å². The number of nitrogen functional groups attached to an aromatic ring is 1. The Balaban J connectivity index is 1.63. The number of anilines is 1. The van der Waals surface area contributed by atoms with Gasteiger partial charge in [0.15, 0.2) is 0 Å². The summed E-state index contributed by atoms with van der Waals surface area (Å²) >= 11 is 1.40. The first-order valence-electron chi connectivity index (χ1n) is 6.61. The third-order valence-corrected chi connectivity index (χ3v) is 4.22. The summed E-state index contributed by atoms with van der Waals surface area (Å²) in [5.74, 6) is -0.0406. The van der Waals surface area contributed by atoms with Gasteiger partial charge in [0.1, 0.15) is 4.88 Å². The Kier molecular flexibility index (Phi) is 5.01. The van der Waals surface area contributed by atoms with Crippen LogP contribution in [0.15, 0.2) is 11.4 Å². The highest BCUT2D eigenvalue weighted by atomic mass is 32.1. The van der Waals surface area contributed by atoms with Gasteiger partial charge in [-0.05, 0) is 50.3 Å². The lowest BCUT2D eigenvalue weighted by Crippen LogP contribution is -2.33. The van der Waals surface area contributed by atoms with Crippen molar-refractivity contribution in [2.75, 3.05) is 31.9 Å². The Morgan fingerprint density at radius 1 is 1.39 bits per heavy atom. The Labute approximate surface area is 112 Å². The Hall–Kier alpha value is -1.07. The smallest absolute Gasteiger partial charge is 0.263 e. The highest BCUT2D eigenvalue weighted by molar-refractivity contribution is 7.12. The van der Waals surface area contributed by atoms with Crippen LogP contribution in [0.5, 0.6) is 0 Å². The first-order chi connectivity index (χ1) is 8.77. The zero-order chi connectivity index (χ0) is 12.8. The highest BCUT2D eigenvalue weighted by Gasteiger charge is 2.11. The Bertz CT molecular complexity index is 385. The molecule has 1 aromatic rings. The number of carbonyl (C=O) groups excluding carboxylic acids is 1. The molecule has 5 heteroatoms. The molecule has 0 aromatic carbocycles. The van der Waals surface area contributed by atoms with Crippen molar-refractivity contribution in [2.24, 2.45) is 0 Å². The van der Waals surface area contributed by atoms with Crippen LogP contribution in [0.25, 0.3) is 0 Å². The van der Waals surface area contributed by atoms with E-state index in [1.807, 2.05) is 5.38 Å². The van der Waals surface area contributed by atoms with E-state index in [9.17, 15) is 4.79 Å². The van der Waals surface area contributed by atoms with Gasteiger partial charge in [-0.25, -0.2) is 0 Å². The highest BCUT2D eigenvalue weighted by Crippen LogP contribution is 2.18. The molecule has 0 saturated carbocycles. The molecule has 3 N–H and O–H groups in total. The van der Waals surface area contributed by atoms with Gasteiger partial charge in [0.05, 0.1) is 5.69 Å². The van der Waals surface area contributed by atoms with Gasteiger partial charge in [0.2, 0.25) is 0 Å². The van der Waals surface area contributed by atoms with Crippen LogP contribution in [0.2, 0.25) is 0 Å². The van der Waals surface area contributed by atoms with E-state index in [-0.39, 0.29) is 5.91 Å². The second-order valence-electron chi connectivity index (χ2n) is 4.72. The molecule has 0 unspecified atom stereocenters. The minimum absolute atomic E-state index is 0.0406. The molecule has 4 nitrogen and oxygen atoms in total. The van der Waals surface area contributed by atoms with Crippen molar-refractivity contribution in [2.45, 2.75) is 25.7 Å². The third-order valence-electron chi connectivity index (χ3n) is 3.29. The zero-order valence-electron chi connectivity index (χ0n) is 10.7. The van der Waals surface area contributed by atoms with Crippen molar-refractivity contribution in [1.82, 2.24) is 10.2 Å². The van der Waals surface area contributed by atoms with Crippen molar-refractivity contribution >= 4 is 22.9 Å². The number of hydrogen-bond acceptors (Lipinski definition) is 4. The summed E-state index contributed by atoms with van der Waals surface area (Å²) in [6.45, 7) is 4.24. The Morgan fingerprint density at radius 3 is 2.83 bits per heavy atom. The van der Waals surface area contributed by atoms with Crippen LogP contribution < -0.4 is 11.1 Å². The number of nitrogens with one attached hydrogen (secondary N) is 1. The lowest BCUT2D eigenvalue weighted by molar-refractivity contribution is 0.0956. The summed E-state index contributed by atoms with van der Waals surface area (Å²) in [5, 5.41) is 4.78. The minimum Gasteiger partial charge on any atom is -0.397 e. The topological polar surface area (TPSA) is 58.4 Å². The van der Waals surface area contributed by atoms with Crippen LogP contribution in [0.4, 0.5) is 5.69 Å². The summed E-state index contributed by atoms with van der Waals surface area (Å²) in [4.78, 5) is 14.9. The summed E-state index contributed by atoms with van der Waals surface area (Å²) in [6, 6.07) is 1.77. The second kappa shape index (κ2) is 6.75. The van der Waals surface area contributed by atoms with Crippen LogP contribution in [-0.4, -0.2) is 37.0 Å². The first-order valence-corrected chi connectivity index (χ1v) is 7.49. The fraction of sp³-hybridized carbons (Fsp3) is 0.615. The summed E-state index contributed by atoms with van der Waals surface area (Å²) in [6.07, 6.45) is 5.01. The van der Waals surface area contributed by atoms with E-state index >= 15 is 0 Å². The number of likely N-dealkylation sites (tertiary alicyclic amines) is 1. The van der Waals surface area contributed by atoms with Gasteiger partial charge < -0.3 is 16.0 Å². The molecule has 0 radical (unpaired) electrons. The van der Waals surface area contributed by atoms with E-state index in [2.05, 4.69) is 10.2 Å². The van der Waals surface area contributed by atoms with E-state index in [0.717, 1.165) is 19.5 Å². The fourth-order valence-electron chi connectivity index (χ4n) is 2.27. The van der Waals surface area contributed by atoms with Gasteiger partial charge >= 0.3 is 0 Å². The maximum Gasteiger partial charge on any atom is 0.263 e. The average Bonchev–Trinajstić information content (AvgIpc) is 2.82. The van der Waals surface area contributed by atoms with E-state index in [4.69, 9.17) is 5.73 Å². The molecular weight excluding hydrogens is 246 g/mol. The maximum atomic E-state index is 11.8. The van der Waals surface area contributed by atoms with Gasteiger partial charge in [-0.2, -0.15) is 0 Å². The summed E-state index contributed by atoms with van der Waals surface area (Å²) in [7, 11) is 0. The lowest BCUT2D eigenvalue weighted by atomic mass is 10.1. The molecule has 2 rings (SSSR count). The quantitative estimate of drug-likeness (QED) is 0.802. The van der Waals surface area contributed by atoms with E-state index in [0.29, 0.717) is 10.6 Å². The minimum atomic E-state index is -0.0406. The number of piperidine rings is 1. The van der Waals surface area contributed by atoms with Crippen molar-refractivity contribution in [3.8, 4) is 0 Å². The van der Waals surface area contributed by atoms with Gasteiger partial charge in [-0.15, -0.1) is 11.3 Å². The van der Waals surface area contributed by atoms with E-state index < -0.39 is 0 Å². The standard InChI is InChI=1S/C13H21N3OS/c14-11-5-10-18-12(11)13(17)15-6-4-9-16-7-2-1-3-8-16/h5,10H,1-4,6-9,14H2,(H,15,17). The van der Waals surface area contributed by atoms with Crippen molar-refractivity contribution < 1.29 is 4.79 Å². The number of nitrogens with two attached hydrogens (primary N) is 1. The van der Waals surface area contributed by atoms with Crippen LogP contribution in [0.1, 0.15) is 35.4 Å². The van der Waals surface area contributed by atoms with Crippen LogP contribution >= 0.6 is 11.3 Å². The molecule has 1 aromatic heterocycles. The molecule has 0 aliphatic carbocycles. The molecule has 1 amide bonds. The van der Waals surface area contributed by atoms with E-state index in [1.165, 1.54) is 43.7 Å². The Morgan fingerprint density at radius 2 is 2.17 bits per heavy atom. The molecular formula is C13H21N3OS. The molecule has 1 saturated heterocycles. The van der Waals surface area contributed by atoms with Crippen LogP contribution in [0, 0.1) is 0 Å². The zero-order valence-corrected chi connectivity index (χ0v) is 11.5. The number of thiophene rings is 1. The van der Waals surface area contributed by atoms with Crippen molar-refractivity contribution in [3.05, 3.63) is 16.3 Å². The third kappa shape index (κ3) is 3.71. The first kappa shape index (κ1) is 13.4. The molecule has 1 aliphatic heterocycles. The molecule has 100 valence electrons. The van der Waals surface area contributed by atoms with Crippen molar-refractivity contribution in [1.29, 1.82) is 0 Å². The maximum absolute atomic E-state index is 11.8. The normalized spacial score (nSPS) is 16.7. The second-order valence-corrected chi connectivity index (χ2v) is 5.63. The van der Waals surface area contributed by atoms with Crippen molar-refractivity contribution in [3.63, 3.8) is 0 Å². The molecule has 2 heterocycles. The predicted octanol–water partition coefficient (Wildman–Crippen LogP) is 1.94. The number of carbonyl (C=O) groups is 1. The number of amides is 1. The molecule has 0 spiro atoms. The summed E-state index contributed by atoms with van der Waals surface area (Å²) < 4.78 is 0. The SMILES string of the molecule is Nc1ccsc1C(=O)NCCCN1CCCCC1. The van der Waals surface area contributed by atoms with Crippen LogP contribution in [-0.2, 0) is 0 Å². The summed E-state index contributed by atoms with van der Waals surface area (Å²) in [5.41, 5.74) is 6.28.